The minimum absolute atomic E-state index is 0.151. The summed E-state index contributed by atoms with van der Waals surface area (Å²) < 4.78 is 0. The van der Waals surface area contributed by atoms with Crippen LogP contribution in [0.5, 0.6) is 11.5 Å². The van der Waals surface area contributed by atoms with E-state index in [0.717, 1.165) is 11.1 Å². The predicted molar refractivity (Wildman–Crippen MR) is 81.1 cm³/mol. The van der Waals surface area contributed by atoms with E-state index >= 15 is 0 Å². The van der Waals surface area contributed by atoms with Crippen LogP contribution in [-0.2, 0) is 0 Å². The molecule has 110 valence electrons. The molecule has 0 unspecified atom stereocenters. The first-order valence-electron chi connectivity index (χ1n) is 6.65. The molecule has 21 heavy (non-hydrogen) atoms. The van der Waals surface area contributed by atoms with Gasteiger partial charge >= 0.3 is 0 Å². The Morgan fingerprint density at radius 3 is 1.90 bits per heavy atom. The molecule has 4 N–H and O–H groups in total. The van der Waals surface area contributed by atoms with Gasteiger partial charge in [-0.25, -0.2) is 0 Å². The van der Waals surface area contributed by atoms with E-state index in [4.69, 9.17) is 0 Å². The van der Waals surface area contributed by atoms with Crippen molar-refractivity contribution in [3.8, 4) is 11.5 Å². The third kappa shape index (κ3) is 4.08. The highest BCUT2D eigenvalue weighted by Crippen LogP contribution is 2.25. The van der Waals surface area contributed by atoms with E-state index in [1.807, 2.05) is 6.08 Å². The molecule has 0 spiro atoms. The van der Waals surface area contributed by atoms with E-state index in [0.29, 0.717) is 0 Å². The van der Waals surface area contributed by atoms with Crippen molar-refractivity contribution >= 4 is 6.08 Å². The summed E-state index contributed by atoms with van der Waals surface area (Å²) in [6.45, 7) is -0.356. The summed E-state index contributed by atoms with van der Waals surface area (Å²) in [7, 11) is 0. The van der Waals surface area contributed by atoms with Crippen molar-refractivity contribution in [2.45, 2.75) is 12.0 Å². The molecule has 4 heteroatoms. The Kier molecular flexibility index (Phi) is 4.98. The zero-order chi connectivity index (χ0) is 15.2. The molecule has 2 atom stereocenters. The summed E-state index contributed by atoms with van der Waals surface area (Å²) >= 11 is 0. The second kappa shape index (κ2) is 6.92. The molecule has 0 saturated heterocycles. The fraction of sp³-hybridized carbons (Fsp3) is 0.176. The number of aliphatic hydroxyl groups is 2. The molecular weight excluding hydrogens is 268 g/mol. The maximum atomic E-state index is 9.96. The van der Waals surface area contributed by atoms with Gasteiger partial charge in [-0.1, -0.05) is 36.4 Å². The standard InChI is InChI=1S/C17H18O4/c18-11-17(21)16(13-4-8-15(20)9-5-13)10-3-12-1-6-14(19)7-2-12/h1-10,16-21H,11H2/b10-3-/t16-,17+/m0/s1. The zero-order valence-electron chi connectivity index (χ0n) is 11.4. The molecule has 0 aliphatic carbocycles. The highest BCUT2D eigenvalue weighted by atomic mass is 16.3. The van der Waals surface area contributed by atoms with Crippen molar-refractivity contribution in [3.63, 3.8) is 0 Å². The van der Waals surface area contributed by atoms with Gasteiger partial charge in [-0.2, -0.15) is 0 Å². The van der Waals surface area contributed by atoms with E-state index < -0.39 is 6.10 Å². The summed E-state index contributed by atoms with van der Waals surface area (Å²) in [4.78, 5) is 0. The highest BCUT2D eigenvalue weighted by Gasteiger charge is 2.17. The molecule has 0 aliphatic heterocycles. The number of hydrogen-bond acceptors (Lipinski definition) is 4. The van der Waals surface area contributed by atoms with Gasteiger partial charge in [0.1, 0.15) is 11.5 Å². The minimum atomic E-state index is -0.928. The average Bonchev–Trinajstić information content (AvgIpc) is 2.50. The third-order valence-corrected chi connectivity index (χ3v) is 3.27. The molecule has 2 aromatic carbocycles. The Morgan fingerprint density at radius 2 is 1.38 bits per heavy atom. The second-order valence-electron chi connectivity index (χ2n) is 4.82. The van der Waals surface area contributed by atoms with Crippen LogP contribution in [0.25, 0.3) is 6.08 Å². The third-order valence-electron chi connectivity index (χ3n) is 3.27. The van der Waals surface area contributed by atoms with Crippen LogP contribution in [0.2, 0.25) is 0 Å². The number of benzene rings is 2. The van der Waals surface area contributed by atoms with Crippen LogP contribution in [0.4, 0.5) is 0 Å². The first-order chi connectivity index (χ1) is 10.1. The molecule has 0 aliphatic rings. The number of rotatable bonds is 5. The molecular formula is C17H18O4. The first kappa shape index (κ1) is 15.1. The summed E-state index contributed by atoms with van der Waals surface area (Å²) in [6.07, 6.45) is 2.68. The average molecular weight is 286 g/mol. The normalized spacial score (nSPS) is 14.2. The number of aromatic hydroxyl groups is 2. The second-order valence-corrected chi connectivity index (χ2v) is 4.82. The molecule has 4 nitrogen and oxygen atoms in total. The maximum absolute atomic E-state index is 9.96. The molecule has 0 heterocycles. The molecule has 0 radical (unpaired) electrons. The Morgan fingerprint density at radius 1 is 0.857 bits per heavy atom. The van der Waals surface area contributed by atoms with Crippen molar-refractivity contribution in [2.24, 2.45) is 0 Å². The lowest BCUT2D eigenvalue weighted by atomic mass is 9.92. The monoisotopic (exact) mass is 286 g/mol. The summed E-state index contributed by atoms with van der Waals surface area (Å²) in [5, 5.41) is 37.7. The lowest BCUT2D eigenvalue weighted by Gasteiger charge is -2.18. The van der Waals surface area contributed by atoms with Gasteiger partial charge in [0, 0.05) is 5.92 Å². The van der Waals surface area contributed by atoms with E-state index in [9.17, 15) is 20.4 Å². The quantitative estimate of drug-likeness (QED) is 0.679. The fourth-order valence-corrected chi connectivity index (χ4v) is 2.07. The summed E-state index contributed by atoms with van der Waals surface area (Å²) in [5.41, 5.74) is 1.67. The van der Waals surface area contributed by atoms with Crippen molar-refractivity contribution in [1.29, 1.82) is 0 Å². The molecule has 0 saturated carbocycles. The van der Waals surface area contributed by atoms with Crippen molar-refractivity contribution in [2.75, 3.05) is 6.61 Å². The molecule has 0 fully saturated rings. The number of phenols is 2. The van der Waals surface area contributed by atoms with Gasteiger partial charge in [0.2, 0.25) is 0 Å². The fourth-order valence-electron chi connectivity index (χ4n) is 2.07. The van der Waals surface area contributed by atoms with Crippen LogP contribution >= 0.6 is 0 Å². The Labute approximate surface area is 123 Å². The number of hydrogen-bond donors (Lipinski definition) is 4. The van der Waals surface area contributed by atoms with E-state index in [1.54, 1.807) is 54.6 Å². The van der Waals surface area contributed by atoms with Crippen LogP contribution in [0.15, 0.2) is 54.6 Å². The Bertz CT molecular complexity index is 587. The summed E-state index contributed by atoms with van der Waals surface area (Å²) in [6, 6.07) is 13.2. The predicted octanol–water partition coefficient (Wildman–Crippen LogP) is 2.25. The lowest BCUT2D eigenvalue weighted by molar-refractivity contribution is 0.0842. The summed E-state index contributed by atoms with van der Waals surface area (Å²) in [5.74, 6) is -0.0412. The smallest absolute Gasteiger partial charge is 0.115 e. The minimum Gasteiger partial charge on any atom is -0.508 e. The highest BCUT2D eigenvalue weighted by molar-refractivity contribution is 5.52. The van der Waals surface area contributed by atoms with Gasteiger partial charge in [-0.15, -0.1) is 0 Å². The van der Waals surface area contributed by atoms with Gasteiger partial charge in [0.15, 0.2) is 0 Å². The van der Waals surface area contributed by atoms with Crippen molar-refractivity contribution in [1.82, 2.24) is 0 Å². The van der Waals surface area contributed by atoms with E-state index in [-0.39, 0.29) is 24.0 Å². The van der Waals surface area contributed by atoms with Gasteiger partial charge in [-0.05, 0) is 35.4 Å². The Balaban J connectivity index is 2.24. The number of phenolic OH excluding ortho intramolecular Hbond substituents is 2. The molecule has 0 amide bonds. The largest absolute Gasteiger partial charge is 0.508 e. The molecule has 0 aromatic heterocycles. The zero-order valence-corrected chi connectivity index (χ0v) is 11.4. The topological polar surface area (TPSA) is 80.9 Å². The molecule has 0 bridgehead atoms. The van der Waals surface area contributed by atoms with E-state index in [2.05, 4.69) is 0 Å². The van der Waals surface area contributed by atoms with Crippen LogP contribution in [-0.4, -0.2) is 33.1 Å². The van der Waals surface area contributed by atoms with Gasteiger partial charge < -0.3 is 20.4 Å². The van der Waals surface area contributed by atoms with Crippen LogP contribution in [0.1, 0.15) is 17.0 Å². The maximum Gasteiger partial charge on any atom is 0.115 e. The lowest BCUT2D eigenvalue weighted by Crippen LogP contribution is -2.20. The van der Waals surface area contributed by atoms with Crippen LogP contribution in [0, 0.1) is 0 Å². The van der Waals surface area contributed by atoms with Crippen molar-refractivity contribution in [3.05, 3.63) is 65.7 Å². The molecule has 2 rings (SSSR count). The SMILES string of the molecule is OC[C@@H](O)[C@@H](/C=C\c1ccc(O)cc1)c1ccc(O)cc1. The Hall–Kier alpha value is -2.30. The van der Waals surface area contributed by atoms with Gasteiger partial charge in [-0.3, -0.25) is 0 Å². The van der Waals surface area contributed by atoms with Crippen LogP contribution in [0.3, 0.4) is 0 Å². The molecule has 2 aromatic rings. The van der Waals surface area contributed by atoms with Gasteiger partial charge in [0.25, 0.3) is 0 Å². The first-order valence-corrected chi connectivity index (χ1v) is 6.65. The van der Waals surface area contributed by atoms with Crippen LogP contribution < -0.4 is 0 Å². The number of aliphatic hydroxyl groups excluding tert-OH is 2. The van der Waals surface area contributed by atoms with E-state index in [1.165, 1.54) is 0 Å². The van der Waals surface area contributed by atoms with Crippen molar-refractivity contribution < 1.29 is 20.4 Å². The van der Waals surface area contributed by atoms with Gasteiger partial charge in [0.05, 0.1) is 12.7 Å².